The molecular formula is C19H24N2. The summed E-state index contributed by atoms with van der Waals surface area (Å²) in [5, 5.41) is 0. The molecule has 21 heavy (non-hydrogen) atoms. The van der Waals surface area contributed by atoms with Crippen molar-refractivity contribution in [3.8, 4) is 11.1 Å². The molecule has 1 saturated heterocycles. The molecule has 110 valence electrons. The van der Waals surface area contributed by atoms with Crippen molar-refractivity contribution in [2.45, 2.75) is 32.4 Å². The zero-order chi connectivity index (χ0) is 14.8. The summed E-state index contributed by atoms with van der Waals surface area (Å²) in [7, 11) is 0. The van der Waals surface area contributed by atoms with Gasteiger partial charge in [0.05, 0.1) is 0 Å². The average Bonchev–Trinajstić information content (AvgIpc) is 2.54. The summed E-state index contributed by atoms with van der Waals surface area (Å²) in [6.07, 6.45) is 1.06. The van der Waals surface area contributed by atoms with Crippen LogP contribution in [-0.2, 0) is 0 Å². The zero-order valence-corrected chi connectivity index (χ0v) is 12.9. The van der Waals surface area contributed by atoms with Crippen molar-refractivity contribution in [3.05, 3.63) is 54.6 Å². The molecule has 1 heterocycles. The van der Waals surface area contributed by atoms with Gasteiger partial charge < -0.3 is 10.6 Å². The third-order valence-corrected chi connectivity index (χ3v) is 4.93. The van der Waals surface area contributed by atoms with Gasteiger partial charge in [-0.25, -0.2) is 0 Å². The Balaban J connectivity index is 2.00. The molecule has 2 nitrogen and oxygen atoms in total. The molecule has 2 heteroatoms. The minimum Gasteiger partial charge on any atom is -0.368 e. The number of nitrogens with two attached hydrogens (primary N) is 1. The van der Waals surface area contributed by atoms with E-state index in [9.17, 15) is 0 Å². The van der Waals surface area contributed by atoms with Gasteiger partial charge >= 0.3 is 0 Å². The molecule has 0 radical (unpaired) electrons. The Labute approximate surface area is 127 Å². The first kappa shape index (κ1) is 14.2. The van der Waals surface area contributed by atoms with E-state index in [0.717, 1.165) is 13.0 Å². The fourth-order valence-corrected chi connectivity index (χ4v) is 3.32. The summed E-state index contributed by atoms with van der Waals surface area (Å²) < 4.78 is 0. The largest absolute Gasteiger partial charge is 0.368 e. The smallest absolute Gasteiger partial charge is 0.0448 e. The topological polar surface area (TPSA) is 29.3 Å². The SMILES string of the molecule is CC1C(N)CCN(c2ccccc2-c2ccccc2)C1C. The third kappa shape index (κ3) is 2.68. The Hall–Kier alpha value is -1.80. The molecule has 0 spiro atoms. The minimum absolute atomic E-state index is 0.320. The molecular weight excluding hydrogens is 256 g/mol. The standard InChI is InChI=1S/C19H24N2/c1-14-15(2)21(13-12-18(14)20)19-11-7-6-10-17(19)16-8-4-3-5-9-16/h3-11,14-15,18H,12-13,20H2,1-2H3. The third-order valence-electron chi connectivity index (χ3n) is 4.93. The number of benzene rings is 2. The van der Waals surface area contributed by atoms with Crippen molar-refractivity contribution in [1.82, 2.24) is 0 Å². The summed E-state index contributed by atoms with van der Waals surface area (Å²) in [5.74, 6) is 0.516. The Kier molecular flexibility index (Phi) is 3.98. The molecule has 2 aromatic rings. The number of hydrogen-bond donors (Lipinski definition) is 1. The van der Waals surface area contributed by atoms with E-state index >= 15 is 0 Å². The summed E-state index contributed by atoms with van der Waals surface area (Å²) in [6, 6.07) is 20.1. The lowest BCUT2D eigenvalue weighted by molar-refractivity contribution is 0.316. The maximum atomic E-state index is 6.23. The molecule has 3 unspecified atom stereocenters. The van der Waals surface area contributed by atoms with Gasteiger partial charge in [0.2, 0.25) is 0 Å². The highest BCUT2D eigenvalue weighted by Gasteiger charge is 2.31. The van der Waals surface area contributed by atoms with Crippen molar-refractivity contribution < 1.29 is 0 Å². The Morgan fingerprint density at radius 1 is 0.952 bits per heavy atom. The molecule has 0 bridgehead atoms. The van der Waals surface area contributed by atoms with Crippen LogP contribution in [-0.4, -0.2) is 18.6 Å². The number of hydrogen-bond acceptors (Lipinski definition) is 2. The van der Waals surface area contributed by atoms with E-state index in [1.165, 1.54) is 16.8 Å². The van der Waals surface area contributed by atoms with E-state index < -0.39 is 0 Å². The minimum atomic E-state index is 0.320. The number of rotatable bonds is 2. The summed E-state index contributed by atoms with van der Waals surface area (Å²) in [6.45, 7) is 5.61. The first-order valence-corrected chi connectivity index (χ1v) is 7.85. The van der Waals surface area contributed by atoms with Gasteiger partial charge in [-0.1, -0.05) is 55.5 Å². The van der Waals surface area contributed by atoms with E-state index in [2.05, 4.69) is 73.3 Å². The molecule has 0 saturated carbocycles. The second-order valence-corrected chi connectivity index (χ2v) is 6.13. The van der Waals surface area contributed by atoms with Crippen LogP contribution in [0.25, 0.3) is 11.1 Å². The highest BCUT2D eigenvalue weighted by atomic mass is 15.2. The van der Waals surface area contributed by atoms with E-state index in [0.29, 0.717) is 18.0 Å². The lowest BCUT2D eigenvalue weighted by Gasteiger charge is -2.43. The predicted molar refractivity (Wildman–Crippen MR) is 90.4 cm³/mol. The monoisotopic (exact) mass is 280 g/mol. The van der Waals surface area contributed by atoms with Gasteiger partial charge in [0, 0.05) is 29.9 Å². The molecule has 1 aliphatic rings. The van der Waals surface area contributed by atoms with Crippen LogP contribution in [0.2, 0.25) is 0 Å². The van der Waals surface area contributed by atoms with Gasteiger partial charge in [0.15, 0.2) is 0 Å². The molecule has 0 aromatic heterocycles. The highest BCUT2D eigenvalue weighted by molar-refractivity contribution is 5.78. The number of piperidine rings is 1. The van der Waals surface area contributed by atoms with Gasteiger partial charge in [0.25, 0.3) is 0 Å². The fourth-order valence-electron chi connectivity index (χ4n) is 3.32. The van der Waals surface area contributed by atoms with Crippen LogP contribution >= 0.6 is 0 Å². The molecule has 2 aromatic carbocycles. The molecule has 2 N–H and O–H groups in total. The van der Waals surface area contributed by atoms with Crippen molar-refractivity contribution >= 4 is 5.69 Å². The first-order valence-electron chi connectivity index (χ1n) is 7.85. The Morgan fingerprint density at radius 2 is 1.62 bits per heavy atom. The first-order chi connectivity index (χ1) is 10.2. The highest BCUT2D eigenvalue weighted by Crippen LogP contribution is 2.35. The van der Waals surface area contributed by atoms with Gasteiger partial charge in [-0.2, -0.15) is 0 Å². The van der Waals surface area contributed by atoms with E-state index in [-0.39, 0.29) is 0 Å². The normalized spacial score (nSPS) is 25.9. The number of para-hydroxylation sites is 1. The molecule has 0 amide bonds. The quantitative estimate of drug-likeness (QED) is 0.903. The maximum absolute atomic E-state index is 6.23. The summed E-state index contributed by atoms with van der Waals surface area (Å²) >= 11 is 0. The number of anilines is 1. The van der Waals surface area contributed by atoms with Gasteiger partial charge in [0.1, 0.15) is 0 Å². The lowest BCUT2D eigenvalue weighted by atomic mass is 9.86. The average molecular weight is 280 g/mol. The Morgan fingerprint density at radius 3 is 2.38 bits per heavy atom. The van der Waals surface area contributed by atoms with Gasteiger partial charge in [-0.3, -0.25) is 0 Å². The van der Waals surface area contributed by atoms with Crippen LogP contribution in [0.15, 0.2) is 54.6 Å². The molecule has 1 aliphatic heterocycles. The van der Waals surface area contributed by atoms with Crippen LogP contribution in [0.1, 0.15) is 20.3 Å². The van der Waals surface area contributed by atoms with Crippen LogP contribution in [0, 0.1) is 5.92 Å². The fraction of sp³-hybridized carbons (Fsp3) is 0.368. The van der Waals surface area contributed by atoms with Crippen LogP contribution in [0.5, 0.6) is 0 Å². The van der Waals surface area contributed by atoms with Crippen molar-refractivity contribution in [1.29, 1.82) is 0 Å². The number of nitrogens with zero attached hydrogens (tertiary/aromatic N) is 1. The zero-order valence-electron chi connectivity index (χ0n) is 12.9. The van der Waals surface area contributed by atoms with Crippen molar-refractivity contribution in [2.75, 3.05) is 11.4 Å². The summed E-state index contributed by atoms with van der Waals surface area (Å²) in [5.41, 5.74) is 10.2. The lowest BCUT2D eigenvalue weighted by Crippen LogP contribution is -2.52. The van der Waals surface area contributed by atoms with E-state index in [1.807, 2.05) is 0 Å². The maximum Gasteiger partial charge on any atom is 0.0448 e. The van der Waals surface area contributed by atoms with Crippen LogP contribution in [0.3, 0.4) is 0 Å². The van der Waals surface area contributed by atoms with Gasteiger partial charge in [-0.15, -0.1) is 0 Å². The predicted octanol–water partition coefficient (Wildman–Crippen LogP) is 3.92. The molecule has 3 atom stereocenters. The van der Waals surface area contributed by atoms with Crippen LogP contribution in [0.4, 0.5) is 5.69 Å². The van der Waals surface area contributed by atoms with Gasteiger partial charge in [-0.05, 0) is 30.9 Å². The van der Waals surface area contributed by atoms with Crippen LogP contribution < -0.4 is 10.6 Å². The Bertz CT molecular complexity index is 594. The van der Waals surface area contributed by atoms with Crippen molar-refractivity contribution in [3.63, 3.8) is 0 Å². The molecule has 0 aliphatic carbocycles. The molecule has 1 fully saturated rings. The molecule has 3 rings (SSSR count). The second kappa shape index (κ2) is 5.90. The second-order valence-electron chi connectivity index (χ2n) is 6.13. The van der Waals surface area contributed by atoms with E-state index in [4.69, 9.17) is 5.73 Å². The summed E-state index contributed by atoms with van der Waals surface area (Å²) in [4.78, 5) is 2.52. The van der Waals surface area contributed by atoms with E-state index in [1.54, 1.807) is 0 Å². The van der Waals surface area contributed by atoms with Crippen molar-refractivity contribution in [2.24, 2.45) is 11.7 Å².